The van der Waals surface area contributed by atoms with Crippen LogP contribution < -0.4 is 10.5 Å². The molecule has 108 valence electrons. The average molecular weight is 269 g/mol. The van der Waals surface area contributed by atoms with E-state index in [1.165, 1.54) is 0 Å². The van der Waals surface area contributed by atoms with Crippen molar-refractivity contribution in [2.24, 2.45) is 11.1 Å². The summed E-state index contributed by atoms with van der Waals surface area (Å²) < 4.78 is 25.8. The Morgan fingerprint density at radius 1 is 1.16 bits per heavy atom. The zero-order chi connectivity index (χ0) is 14.5. The number of methoxy groups -OCH3 is 1. The van der Waals surface area contributed by atoms with Gasteiger partial charge in [0.05, 0.1) is 6.61 Å². The second-order valence-corrected chi connectivity index (χ2v) is 5.59. The van der Waals surface area contributed by atoms with Crippen molar-refractivity contribution in [3.05, 3.63) is 29.8 Å². The standard InChI is InChI=1S/C15H24FNO2/c1-14(2,3)15(16,11-17)12-7-5-6-8-13(12)19-10-9-18-4/h5-8H,9-11,17H2,1-4H3. The van der Waals surface area contributed by atoms with Gasteiger partial charge in [-0.15, -0.1) is 0 Å². The molecule has 1 aromatic rings. The molecule has 1 aromatic carbocycles. The van der Waals surface area contributed by atoms with Crippen LogP contribution in [0.25, 0.3) is 0 Å². The molecule has 2 N–H and O–H groups in total. The fraction of sp³-hybridized carbons (Fsp3) is 0.600. The van der Waals surface area contributed by atoms with Crippen LogP contribution in [0.5, 0.6) is 5.75 Å². The molecule has 0 fully saturated rings. The zero-order valence-corrected chi connectivity index (χ0v) is 12.2. The van der Waals surface area contributed by atoms with Crippen LogP contribution in [0.4, 0.5) is 4.39 Å². The van der Waals surface area contributed by atoms with E-state index in [1.807, 2.05) is 26.8 Å². The Kier molecular flexibility index (Phi) is 5.32. The van der Waals surface area contributed by atoms with Crippen LogP contribution >= 0.6 is 0 Å². The molecule has 0 radical (unpaired) electrons. The Morgan fingerprint density at radius 3 is 2.32 bits per heavy atom. The molecule has 3 nitrogen and oxygen atoms in total. The van der Waals surface area contributed by atoms with Gasteiger partial charge in [-0.2, -0.15) is 0 Å². The van der Waals surface area contributed by atoms with Gasteiger partial charge in [0.15, 0.2) is 5.67 Å². The van der Waals surface area contributed by atoms with E-state index in [-0.39, 0.29) is 6.54 Å². The molecule has 0 bridgehead atoms. The quantitative estimate of drug-likeness (QED) is 0.808. The van der Waals surface area contributed by atoms with Crippen molar-refractivity contribution < 1.29 is 13.9 Å². The van der Waals surface area contributed by atoms with Crippen molar-refractivity contribution in [1.29, 1.82) is 0 Å². The average Bonchev–Trinajstić information content (AvgIpc) is 2.37. The Bertz CT molecular complexity index is 403. The molecule has 1 unspecified atom stereocenters. The number of para-hydroxylation sites is 1. The maximum atomic E-state index is 15.3. The van der Waals surface area contributed by atoms with Gasteiger partial charge in [0.1, 0.15) is 12.4 Å². The summed E-state index contributed by atoms with van der Waals surface area (Å²) in [5.74, 6) is 0.530. The highest BCUT2D eigenvalue weighted by atomic mass is 19.1. The lowest BCUT2D eigenvalue weighted by Gasteiger charge is -2.38. The van der Waals surface area contributed by atoms with E-state index >= 15 is 4.39 Å². The number of rotatable bonds is 6. The van der Waals surface area contributed by atoms with Crippen LogP contribution in [0.15, 0.2) is 24.3 Å². The minimum Gasteiger partial charge on any atom is -0.491 e. The topological polar surface area (TPSA) is 44.5 Å². The number of alkyl halides is 1. The summed E-state index contributed by atoms with van der Waals surface area (Å²) in [6, 6.07) is 7.13. The minimum atomic E-state index is -1.63. The van der Waals surface area contributed by atoms with Crippen LogP contribution in [0.2, 0.25) is 0 Å². The van der Waals surface area contributed by atoms with Gasteiger partial charge in [-0.05, 0) is 6.07 Å². The molecular weight excluding hydrogens is 245 g/mol. The van der Waals surface area contributed by atoms with Gasteiger partial charge in [-0.3, -0.25) is 0 Å². The first-order valence-electron chi connectivity index (χ1n) is 6.47. The number of ether oxygens (including phenoxy) is 2. The summed E-state index contributed by atoms with van der Waals surface area (Å²) in [5, 5.41) is 0. The first-order chi connectivity index (χ1) is 8.86. The van der Waals surface area contributed by atoms with Crippen LogP contribution in [-0.4, -0.2) is 26.9 Å². The highest BCUT2D eigenvalue weighted by Crippen LogP contribution is 2.45. The Labute approximate surface area is 114 Å². The monoisotopic (exact) mass is 269 g/mol. The molecule has 0 saturated carbocycles. The Morgan fingerprint density at radius 2 is 1.79 bits per heavy atom. The van der Waals surface area contributed by atoms with Crippen LogP contribution in [-0.2, 0) is 10.4 Å². The molecular formula is C15H24FNO2. The lowest BCUT2D eigenvalue weighted by molar-refractivity contribution is 0.0304. The third-order valence-electron chi connectivity index (χ3n) is 3.33. The van der Waals surface area contributed by atoms with Crippen molar-refractivity contribution in [1.82, 2.24) is 0 Å². The van der Waals surface area contributed by atoms with Crippen LogP contribution in [0.1, 0.15) is 26.3 Å². The molecule has 0 aromatic heterocycles. The number of halogens is 1. The van der Waals surface area contributed by atoms with E-state index in [0.29, 0.717) is 24.5 Å². The van der Waals surface area contributed by atoms with Gasteiger partial charge >= 0.3 is 0 Å². The van der Waals surface area contributed by atoms with Gasteiger partial charge in [-0.1, -0.05) is 39.0 Å². The summed E-state index contributed by atoms with van der Waals surface area (Å²) in [6.07, 6.45) is 0. The third kappa shape index (κ3) is 3.45. The van der Waals surface area contributed by atoms with E-state index in [0.717, 1.165) is 0 Å². The predicted octanol–water partition coefficient (Wildman–Crippen LogP) is 2.88. The molecule has 0 saturated heterocycles. The van der Waals surface area contributed by atoms with Crippen molar-refractivity contribution in [2.45, 2.75) is 26.4 Å². The largest absolute Gasteiger partial charge is 0.491 e. The Balaban J connectivity index is 3.10. The lowest BCUT2D eigenvalue weighted by atomic mass is 9.73. The summed E-state index contributed by atoms with van der Waals surface area (Å²) in [4.78, 5) is 0. The predicted molar refractivity (Wildman–Crippen MR) is 75.1 cm³/mol. The van der Waals surface area contributed by atoms with E-state index < -0.39 is 11.1 Å². The zero-order valence-electron chi connectivity index (χ0n) is 12.2. The van der Waals surface area contributed by atoms with Crippen molar-refractivity contribution in [3.63, 3.8) is 0 Å². The van der Waals surface area contributed by atoms with Crippen molar-refractivity contribution >= 4 is 0 Å². The van der Waals surface area contributed by atoms with Gasteiger partial charge in [-0.25, -0.2) is 4.39 Å². The molecule has 0 spiro atoms. The second kappa shape index (κ2) is 6.35. The number of nitrogens with two attached hydrogens (primary N) is 1. The molecule has 0 amide bonds. The van der Waals surface area contributed by atoms with E-state index in [2.05, 4.69) is 0 Å². The normalized spacial score (nSPS) is 15.1. The minimum absolute atomic E-state index is 0.0822. The van der Waals surface area contributed by atoms with Crippen LogP contribution in [0.3, 0.4) is 0 Å². The maximum Gasteiger partial charge on any atom is 0.156 e. The fourth-order valence-corrected chi connectivity index (χ4v) is 1.97. The van der Waals surface area contributed by atoms with Gasteiger partial charge in [0.25, 0.3) is 0 Å². The van der Waals surface area contributed by atoms with Gasteiger partial charge < -0.3 is 15.2 Å². The molecule has 1 atom stereocenters. The molecule has 19 heavy (non-hydrogen) atoms. The van der Waals surface area contributed by atoms with E-state index in [4.69, 9.17) is 15.2 Å². The lowest BCUT2D eigenvalue weighted by Crippen LogP contribution is -2.42. The highest BCUT2D eigenvalue weighted by Gasteiger charge is 2.44. The SMILES string of the molecule is COCCOc1ccccc1C(F)(CN)C(C)(C)C. The molecule has 4 heteroatoms. The number of benzene rings is 1. The molecule has 0 aliphatic carbocycles. The molecule has 0 aliphatic heterocycles. The smallest absolute Gasteiger partial charge is 0.156 e. The summed E-state index contributed by atoms with van der Waals surface area (Å²) in [5.41, 5.74) is 3.96. The van der Waals surface area contributed by atoms with E-state index in [1.54, 1.807) is 25.3 Å². The molecule has 0 aliphatic rings. The Hall–Kier alpha value is -1.13. The number of hydrogen-bond acceptors (Lipinski definition) is 3. The second-order valence-electron chi connectivity index (χ2n) is 5.59. The van der Waals surface area contributed by atoms with Gasteiger partial charge in [0, 0.05) is 24.6 Å². The van der Waals surface area contributed by atoms with Crippen molar-refractivity contribution in [2.75, 3.05) is 26.9 Å². The van der Waals surface area contributed by atoms with Crippen molar-refractivity contribution in [3.8, 4) is 5.75 Å². The first kappa shape index (κ1) is 15.9. The van der Waals surface area contributed by atoms with E-state index in [9.17, 15) is 0 Å². The number of hydrogen-bond donors (Lipinski definition) is 1. The fourth-order valence-electron chi connectivity index (χ4n) is 1.97. The van der Waals surface area contributed by atoms with Crippen LogP contribution in [0, 0.1) is 5.41 Å². The highest BCUT2D eigenvalue weighted by molar-refractivity contribution is 5.39. The summed E-state index contributed by atoms with van der Waals surface area (Å²) >= 11 is 0. The third-order valence-corrected chi connectivity index (χ3v) is 3.33. The maximum absolute atomic E-state index is 15.3. The molecule has 1 rings (SSSR count). The summed E-state index contributed by atoms with van der Waals surface area (Å²) in [6.45, 7) is 6.29. The summed E-state index contributed by atoms with van der Waals surface area (Å²) in [7, 11) is 1.60. The molecule has 0 heterocycles. The first-order valence-corrected chi connectivity index (χ1v) is 6.47. The van der Waals surface area contributed by atoms with Gasteiger partial charge in [0.2, 0.25) is 0 Å².